The predicted octanol–water partition coefficient (Wildman–Crippen LogP) is 1.02. The van der Waals surface area contributed by atoms with Crippen LogP contribution < -0.4 is 5.73 Å². The molecule has 0 radical (unpaired) electrons. The van der Waals surface area contributed by atoms with Gasteiger partial charge in [0, 0.05) is 47.6 Å². The van der Waals surface area contributed by atoms with Crippen molar-refractivity contribution in [2.75, 3.05) is 6.61 Å². The maximum absolute atomic E-state index is 13.3. The fourth-order valence-electron chi connectivity index (χ4n) is 5.57. The Hall–Kier alpha value is -3.15. The van der Waals surface area contributed by atoms with E-state index in [1.54, 1.807) is 12.1 Å². The molecule has 0 unspecified atom stereocenters. The molecule has 1 saturated heterocycles. The molecule has 36 heavy (non-hydrogen) atoms. The number of carbonyl (C=O) groups excluding carboxylic acids is 3. The van der Waals surface area contributed by atoms with Crippen LogP contribution >= 0.6 is 0 Å². The number of phenols is 2. The van der Waals surface area contributed by atoms with E-state index in [4.69, 9.17) is 15.2 Å². The number of rotatable bonds is 4. The van der Waals surface area contributed by atoms with Crippen molar-refractivity contribution in [3.05, 3.63) is 57.6 Å². The first kappa shape index (κ1) is 24.5. The van der Waals surface area contributed by atoms with Gasteiger partial charge in [-0.25, -0.2) is 0 Å². The third-order valence-electron chi connectivity index (χ3n) is 7.27. The monoisotopic (exact) mass is 497 g/mol. The Morgan fingerprint density at radius 1 is 1.11 bits per heavy atom. The number of carbonyl (C=O) groups is 3. The molecule has 5 rings (SSSR count). The Labute approximate surface area is 206 Å². The lowest BCUT2D eigenvalue weighted by Gasteiger charge is -2.41. The van der Waals surface area contributed by atoms with Crippen LogP contribution in [-0.4, -0.2) is 68.4 Å². The number of phenolic OH excluding ortho intramolecular Hbond substituents is 2. The zero-order chi connectivity index (χ0) is 25.9. The first-order valence-corrected chi connectivity index (χ1v) is 11.8. The number of fused-ring (bicyclic) bond motifs is 3. The zero-order valence-electron chi connectivity index (χ0n) is 19.6. The number of aromatic hydroxyl groups is 2. The van der Waals surface area contributed by atoms with Gasteiger partial charge < -0.3 is 35.6 Å². The molecule has 0 amide bonds. The van der Waals surface area contributed by atoms with E-state index >= 15 is 0 Å². The third-order valence-corrected chi connectivity index (χ3v) is 7.27. The standard InChI is InChI=1S/C26H27NO9/c1-11-6-12(27)7-18(35-11)36-16-9-26(34,17(29)10-28)8-15-19(16)25(33)21-20(24(15)32)22(30)13-4-2-3-5-14(13)23(21)31/h2-5,11-12,16,18,28,32-34H,6-10,27H2,1H3/t11-,12+,16-,18-,26-/m0/s1. The van der Waals surface area contributed by atoms with Crippen LogP contribution in [0, 0.1) is 0 Å². The number of ether oxygens (including phenoxy) is 2. The van der Waals surface area contributed by atoms with Gasteiger partial charge in [-0.15, -0.1) is 0 Å². The average Bonchev–Trinajstić information content (AvgIpc) is 2.83. The van der Waals surface area contributed by atoms with Crippen molar-refractivity contribution in [3.8, 4) is 11.5 Å². The molecule has 1 fully saturated rings. The highest BCUT2D eigenvalue weighted by atomic mass is 16.7. The lowest BCUT2D eigenvalue weighted by Crippen LogP contribution is -2.48. The average molecular weight is 498 g/mol. The van der Waals surface area contributed by atoms with Crippen LogP contribution in [0.3, 0.4) is 0 Å². The van der Waals surface area contributed by atoms with Crippen molar-refractivity contribution in [2.24, 2.45) is 5.73 Å². The smallest absolute Gasteiger partial charge is 0.198 e. The Balaban J connectivity index is 1.68. The van der Waals surface area contributed by atoms with Gasteiger partial charge in [0.1, 0.15) is 23.7 Å². The lowest BCUT2D eigenvalue weighted by molar-refractivity contribution is -0.225. The Bertz CT molecular complexity index is 1280. The molecule has 10 heteroatoms. The number of nitrogens with two attached hydrogens (primary N) is 1. The summed E-state index contributed by atoms with van der Waals surface area (Å²) in [5.41, 5.74) is 3.19. The quantitative estimate of drug-likeness (QED) is 0.327. The summed E-state index contributed by atoms with van der Waals surface area (Å²) in [6.45, 7) is 0.847. The van der Waals surface area contributed by atoms with E-state index in [0.717, 1.165) is 0 Å². The molecule has 0 bridgehead atoms. The van der Waals surface area contributed by atoms with Crippen LogP contribution in [0.15, 0.2) is 24.3 Å². The van der Waals surface area contributed by atoms with Crippen LogP contribution in [0.5, 0.6) is 11.5 Å². The van der Waals surface area contributed by atoms with Gasteiger partial charge in [0.2, 0.25) is 0 Å². The van der Waals surface area contributed by atoms with Crippen LogP contribution in [0.25, 0.3) is 0 Å². The molecule has 1 heterocycles. The van der Waals surface area contributed by atoms with E-state index in [9.17, 15) is 34.8 Å². The molecule has 5 atom stereocenters. The van der Waals surface area contributed by atoms with Gasteiger partial charge in [0.15, 0.2) is 23.6 Å². The minimum absolute atomic E-state index is 0.0161. The van der Waals surface area contributed by atoms with E-state index in [1.165, 1.54) is 12.1 Å². The van der Waals surface area contributed by atoms with Crippen molar-refractivity contribution < 1.29 is 44.3 Å². The highest BCUT2D eigenvalue weighted by Crippen LogP contribution is 2.51. The summed E-state index contributed by atoms with van der Waals surface area (Å²) in [5.74, 6) is -3.43. The molecule has 2 aromatic rings. The summed E-state index contributed by atoms with van der Waals surface area (Å²) in [5, 5.41) is 43.2. The molecule has 190 valence electrons. The molecule has 0 saturated carbocycles. The van der Waals surface area contributed by atoms with Gasteiger partial charge in [-0.05, 0) is 13.3 Å². The largest absolute Gasteiger partial charge is 0.507 e. The predicted molar refractivity (Wildman–Crippen MR) is 124 cm³/mol. The summed E-state index contributed by atoms with van der Waals surface area (Å²) in [6.07, 6.45) is -2.29. The van der Waals surface area contributed by atoms with Crippen molar-refractivity contribution >= 4 is 17.3 Å². The number of hydrogen-bond donors (Lipinski definition) is 5. The summed E-state index contributed by atoms with van der Waals surface area (Å²) in [4.78, 5) is 39.1. The van der Waals surface area contributed by atoms with Gasteiger partial charge in [0.05, 0.1) is 23.3 Å². The first-order chi connectivity index (χ1) is 17.1. The second-order valence-electron chi connectivity index (χ2n) is 9.77. The molecule has 2 aliphatic carbocycles. The molecule has 0 aromatic heterocycles. The van der Waals surface area contributed by atoms with Crippen molar-refractivity contribution in [3.63, 3.8) is 0 Å². The highest BCUT2D eigenvalue weighted by Gasteiger charge is 2.49. The van der Waals surface area contributed by atoms with Gasteiger partial charge in [0.25, 0.3) is 0 Å². The summed E-state index contributed by atoms with van der Waals surface area (Å²) in [7, 11) is 0. The SMILES string of the molecule is C[C@H]1C[C@@H](N)C[C@H](O[C@H]2C[C@](O)(C(=O)CO)Cc3c(O)c4c(c(O)c32)C(=O)c2ccccc2C4=O)O1. The minimum Gasteiger partial charge on any atom is -0.507 e. The van der Waals surface area contributed by atoms with Crippen LogP contribution in [0.4, 0.5) is 0 Å². The fourth-order valence-corrected chi connectivity index (χ4v) is 5.57. The molecule has 1 aliphatic heterocycles. The number of Topliss-reactive ketones (excluding diaryl/α,β-unsaturated/α-hetero) is 1. The van der Waals surface area contributed by atoms with E-state index in [1.807, 2.05) is 6.92 Å². The number of aliphatic hydroxyl groups excluding tert-OH is 1. The molecule has 2 aromatic carbocycles. The van der Waals surface area contributed by atoms with Gasteiger partial charge >= 0.3 is 0 Å². The third kappa shape index (κ3) is 3.73. The molecular formula is C26H27NO9. The van der Waals surface area contributed by atoms with Crippen molar-refractivity contribution in [1.29, 1.82) is 0 Å². The van der Waals surface area contributed by atoms with Crippen LogP contribution in [0.1, 0.15) is 75.3 Å². The Kier molecular flexibility index (Phi) is 5.97. The van der Waals surface area contributed by atoms with Gasteiger partial charge in [-0.2, -0.15) is 0 Å². The zero-order valence-corrected chi connectivity index (χ0v) is 19.6. The topological polar surface area (TPSA) is 177 Å². The summed E-state index contributed by atoms with van der Waals surface area (Å²) < 4.78 is 11.9. The number of hydrogen-bond acceptors (Lipinski definition) is 10. The lowest BCUT2D eigenvalue weighted by atomic mass is 9.72. The molecule has 3 aliphatic rings. The van der Waals surface area contributed by atoms with Crippen LogP contribution in [0.2, 0.25) is 0 Å². The Morgan fingerprint density at radius 2 is 1.72 bits per heavy atom. The van der Waals surface area contributed by atoms with E-state index in [2.05, 4.69) is 0 Å². The molecule has 6 N–H and O–H groups in total. The van der Waals surface area contributed by atoms with E-state index in [-0.39, 0.29) is 46.4 Å². The second-order valence-corrected chi connectivity index (χ2v) is 9.77. The number of ketones is 3. The van der Waals surface area contributed by atoms with Gasteiger partial charge in [-0.1, -0.05) is 24.3 Å². The second kappa shape index (κ2) is 8.75. The molecular weight excluding hydrogens is 470 g/mol. The fraction of sp³-hybridized carbons (Fsp3) is 0.423. The first-order valence-electron chi connectivity index (χ1n) is 11.8. The van der Waals surface area contributed by atoms with Gasteiger partial charge in [-0.3, -0.25) is 14.4 Å². The molecule has 0 spiro atoms. The normalized spacial score (nSPS) is 29.3. The minimum atomic E-state index is -2.16. The maximum Gasteiger partial charge on any atom is 0.198 e. The number of benzene rings is 2. The summed E-state index contributed by atoms with van der Waals surface area (Å²) >= 11 is 0. The molecule has 10 nitrogen and oxygen atoms in total. The Morgan fingerprint density at radius 3 is 2.31 bits per heavy atom. The van der Waals surface area contributed by atoms with Crippen LogP contribution in [-0.2, 0) is 20.7 Å². The van der Waals surface area contributed by atoms with E-state index in [0.29, 0.717) is 12.8 Å². The highest BCUT2D eigenvalue weighted by molar-refractivity contribution is 6.30. The number of aliphatic hydroxyl groups is 2. The summed E-state index contributed by atoms with van der Waals surface area (Å²) in [6, 6.07) is 5.82. The van der Waals surface area contributed by atoms with Crippen molar-refractivity contribution in [2.45, 2.75) is 62.7 Å². The van der Waals surface area contributed by atoms with E-state index < -0.39 is 65.4 Å². The van der Waals surface area contributed by atoms with Crippen molar-refractivity contribution in [1.82, 2.24) is 0 Å². The maximum atomic E-state index is 13.3.